The maximum Gasteiger partial charge on any atom is 0.284 e. The van der Waals surface area contributed by atoms with E-state index >= 15 is 0 Å². The zero-order valence-corrected chi connectivity index (χ0v) is 15.3. The topological polar surface area (TPSA) is 97.6 Å². The second kappa shape index (κ2) is 6.99. The molecular weight excluding hydrogens is 358 g/mol. The van der Waals surface area contributed by atoms with Crippen LogP contribution in [0.25, 0.3) is 16.6 Å². The molecule has 0 aliphatic rings. The molecule has 0 unspecified atom stereocenters. The fourth-order valence-electron chi connectivity index (χ4n) is 2.97. The van der Waals surface area contributed by atoms with Crippen molar-refractivity contribution in [2.24, 2.45) is 0 Å². The summed E-state index contributed by atoms with van der Waals surface area (Å²) in [4.78, 5) is 33.4. The molecule has 0 aliphatic heterocycles. The van der Waals surface area contributed by atoms with Crippen molar-refractivity contribution in [2.45, 2.75) is 6.92 Å². The second-order valence-electron chi connectivity index (χ2n) is 6.13. The molecule has 3 aromatic heterocycles. The SMILES string of the molecule is COc1cccn2c(=O)c(NC(C)=O)c(Nc3ccc4ncccc4c3)nc12. The third kappa shape index (κ3) is 3.11. The summed E-state index contributed by atoms with van der Waals surface area (Å²) in [5.74, 6) is 0.306. The van der Waals surface area contributed by atoms with Gasteiger partial charge in [0.2, 0.25) is 5.91 Å². The number of carbonyl (C=O) groups excluding carboxylic acids is 1. The van der Waals surface area contributed by atoms with Crippen molar-refractivity contribution in [3.63, 3.8) is 0 Å². The monoisotopic (exact) mass is 375 g/mol. The summed E-state index contributed by atoms with van der Waals surface area (Å²) in [6.07, 6.45) is 3.30. The molecular formula is C20H17N5O3. The number of nitrogens with one attached hydrogen (secondary N) is 2. The molecule has 3 heterocycles. The van der Waals surface area contributed by atoms with Gasteiger partial charge in [0, 0.05) is 30.4 Å². The zero-order chi connectivity index (χ0) is 19.7. The maximum absolute atomic E-state index is 13.0. The van der Waals surface area contributed by atoms with Gasteiger partial charge in [0.25, 0.3) is 5.56 Å². The molecule has 140 valence electrons. The number of amides is 1. The van der Waals surface area contributed by atoms with Gasteiger partial charge in [-0.15, -0.1) is 0 Å². The van der Waals surface area contributed by atoms with Crippen molar-refractivity contribution in [3.8, 4) is 5.75 Å². The molecule has 0 saturated carbocycles. The molecule has 1 amide bonds. The first-order valence-electron chi connectivity index (χ1n) is 8.55. The quantitative estimate of drug-likeness (QED) is 0.569. The van der Waals surface area contributed by atoms with E-state index in [1.807, 2.05) is 30.3 Å². The third-order valence-corrected chi connectivity index (χ3v) is 4.21. The number of aromatic nitrogens is 3. The van der Waals surface area contributed by atoms with Gasteiger partial charge in [0.1, 0.15) is 0 Å². The first-order valence-corrected chi connectivity index (χ1v) is 8.55. The molecule has 0 radical (unpaired) electrons. The predicted molar refractivity (Wildman–Crippen MR) is 107 cm³/mol. The maximum atomic E-state index is 13.0. The summed E-state index contributed by atoms with van der Waals surface area (Å²) in [7, 11) is 1.51. The number of nitrogens with zero attached hydrogens (tertiary/aromatic N) is 3. The molecule has 0 atom stereocenters. The van der Waals surface area contributed by atoms with Crippen LogP contribution in [0.5, 0.6) is 5.75 Å². The lowest BCUT2D eigenvalue weighted by Crippen LogP contribution is -2.24. The second-order valence-corrected chi connectivity index (χ2v) is 6.13. The molecule has 0 spiro atoms. The van der Waals surface area contributed by atoms with Crippen molar-refractivity contribution in [2.75, 3.05) is 17.7 Å². The number of methoxy groups -OCH3 is 1. The van der Waals surface area contributed by atoms with Crippen LogP contribution in [-0.4, -0.2) is 27.4 Å². The van der Waals surface area contributed by atoms with Gasteiger partial charge < -0.3 is 15.4 Å². The molecule has 0 saturated heterocycles. The van der Waals surface area contributed by atoms with E-state index in [1.54, 1.807) is 24.5 Å². The van der Waals surface area contributed by atoms with E-state index < -0.39 is 5.56 Å². The number of hydrogen-bond donors (Lipinski definition) is 2. The van der Waals surface area contributed by atoms with E-state index in [-0.39, 0.29) is 17.4 Å². The van der Waals surface area contributed by atoms with Crippen molar-refractivity contribution >= 4 is 39.6 Å². The fraction of sp³-hybridized carbons (Fsp3) is 0.100. The largest absolute Gasteiger partial charge is 0.493 e. The number of fused-ring (bicyclic) bond motifs is 2. The lowest BCUT2D eigenvalue weighted by atomic mass is 10.2. The Morgan fingerprint density at radius 1 is 1.18 bits per heavy atom. The minimum Gasteiger partial charge on any atom is -0.493 e. The van der Waals surface area contributed by atoms with E-state index in [2.05, 4.69) is 20.6 Å². The summed E-state index contributed by atoms with van der Waals surface area (Å²) in [5.41, 5.74) is 1.55. The predicted octanol–water partition coefficient (Wildman–Crippen LogP) is 2.95. The Morgan fingerprint density at radius 2 is 2.04 bits per heavy atom. The van der Waals surface area contributed by atoms with Gasteiger partial charge in [0.05, 0.1) is 12.6 Å². The smallest absolute Gasteiger partial charge is 0.284 e. The van der Waals surface area contributed by atoms with E-state index in [0.29, 0.717) is 17.1 Å². The van der Waals surface area contributed by atoms with Crippen LogP contribution in [0.3, 0.4) is 0 Å². The molecule has 0 fully saturated rings. The van der Waals surface area contributed by atoms with Gasteiger partial charge in [-0.05, 0) is 36.4 Å². The number of benzene rings is 1. The van der Waals surface area contributed by atoms with Gasteiger partial charge in [-0.2, -0.15) is 0 Å². The first kappa shape index (κ1) is 17.5. The molecule has 0 aliphatic carbocycles. The Morgan fingerprint density at radius 3 is 2.82 bits per heavy atom. The van der Waals surface area contributed by atoms with Crippen LogP contribution in [0.4, 0.5) is 17.2 Å². The van der Waals surface area contributed by atoms with Gasteiger partial charge >= 0.3 is 0 Å². The van der Waals surface area contributed by atoms with Crippen LogP contribution in [0.2, 0.25) is 0 Å². The molecule has 8 nitrogen and oxygen atoms in total. The van der Waals surface area contributed by atoms with E-state index in [1.165, 1.54) is 18.4 Å². The van der Waals surface area contributed by atoms with Gasteiger partial charge in [-0.3, -0.25) is 19.0 Å². The zero-order valence-electron chi connectivity index (χ0n) is 15.3. The van der Waals surface area contributed by atoms with Gasteiger partial charge in [0.15, 0.2) is 22.9 Å². The fourth-order valence-corrected chi connectivity index (χ4v) is 2.97. The van der Waals surface area contributed by atoms with E-state index in [0.717, 1.165) is 10.9 Å². The lowest BCUT2D eigenvalue weighted by molar-refractivity contribution is -0.114. The van der Waals surface area contributed by atoms with Crippen LogP contribution in [0.1, 0.15) is 6.92 Å². The Labute approximate surface area is 159 Å². The average Bonchev–Trinajstić information content (AvgIpc) is 2.70. The molecule has 28 heavy (non-hydrogen) atoms. The first-order chi connectivity index (χ1) is 13.6. The molecule has 0 bridgehead atoms. The van der Waals surface area contributed by atoms with Crippen LogP contribution < -0.4 is 20.9 Å². The number of anilines is 3. The third-order valence-electron chi connectivity index (χ3n) is 4.21. The molecule has 4 rings (SSSR count). The van der Waals surface area contributed by atoms with E-state index in [4.69, 9.17) is 4.74 Å². The highest BCUT2D eigenvalue weighted by Gasteiger charge is 2.16. The highest BCUT2D eigenvalue weighted by atomic mass is 16.5. The van der Waals surface area contributed by atoms with Crippen molar-refractivity contribution in [1.82, 2.24) is 14.4 Å². The Bertz CT molecular complexity index is 1270. The summed E-state index contributed by atoms with van der Waals surface area (Å²) in [5, 5.41) is 6.64. The lowest BCUT2D eigenvalue weighted by Gasteiger charge is -2.14. The highest BCUT2D eigenvalue weighted by molar-refractivity contribution is 5.93. The molecule has 1 aromatic carbocycles. The Hall–Kier alpha value is -3.94. The van der Waals surface area contributed by atoms with Gasteiger partial charge in [-0.25, -0.2) is 4.98 Å². The number of hydrogen-bond acceptors (Lipinski definition) is 6. The molecule has 2 N–H and O–H groups in total. The summed E-state index contributed by atoms with van der Waals surface area (Å²) >= 11 is 0. The standard InChI is InChI=1S/C20H17N5O3/c1-12(26)22-17-18(23-14-7-8-15-13(11-14)5-3-9-21-15)24-19-16(28-2)6-4-10-25(19)20(17)27/h3-11,23H,1-2H3,(H,22,26). The van der Waals surface area contributed by atoms with E-state index in [9.17, 15) is 9.59 Å². The average molecular weight is 375 g/mol. The Kier molecular flexibility index (Phi) is 4.36. The minimum absolute atomic E-state index is 0.0598. The normalized spacial score (nSPS) is 10.8. The van der Waals surface area contributed by atoms with Crippen LogP contribution >= 0.6 is 0 Å². The summed E-state index contributed by atoms with van der Waals surface area (Å²) in [6.45, 7) is 1.34. The molecule has 8 heteroatoms. The highest BCUT2D eigenvalue weighted by Crippen LogP contribution is 2.26. The Balaban J connectivity index is 1.89. The van der Waals surface area contributed by atoms with Crippen molar-refractivity contribution in [1.29, 1.82) is 0 Å². The minimum atomic E-state index is -0.413. The van der Waals surface area contributed by atoms with Crippen molar-refractivity contribution in [3.05, 3.63) is 65.2 Å². The summed E-state index contributed by atoms with van der Waals surface area (Å²) in [6, 6.07) is 12.8. The summed E-state index contributed by atoms with van der Waals surface area (Å²) < 4.78 is 6.65. The van der Waals surface area contributed by atoms with Crippen LogP contribution in [0, 0.1) is 0 Å². The number of ether oxygens (including phenoxy) is 1. The molecule has 4 aromatic rings. The number of carbonyl (C=O) groups is 1. The van der Waals surface area contributed by atoms with Crippen LogP contribution in [0.15, 0.2) is 59.7 Å². The van der Waals surface area contributed by atoms with Crippen molar-refractivity contribution < 1.29 is 9.53 Å². The van der Waals surface area contributed by atoms with Crippen LogP contribution in [-0.2, 0) is 4.79 Å². The number of rotatable bonds is 4. The number of pyridine rings is 2. The van der Waals surface area contributed by atoms with Gasteiger partial charge in [-0.1, -0.05) is 6.07 Å².